The lowest BCUT2D eigenvalue weighted by molar-refractivity contribution is 0.137. The Labute approximate surface area is 163 Å². The number of aliphatic hydroxyl groups is 1. The van der Waals surface area contributed by atoms with Crippen LogP contribution in [0, 0.1) is 0 Å². The van der Waals surface area contributed by atoms with Crippen LogP contribution in [-0.4, -0.2) is 48.0 Å². The Kier molecular flexibility index (Phi) is 5.21. The van der Waals surface area contributed by atoms with Crippen molar-refractivity contribution in [3.8, 4) is 11.5 Å². The zero-order chi connectivity index (χ0) is 19.0. The second kappa shape index (κ2) is 7.48. The third-order valence-corrected chi connectivity index (χ3v) is 6.53. The third-order valence-electron chi connectivity index (χ3n) is 6.53. The SMILES string of the molecule is CC(C)Oc1ccc([C@@]23C=C[C@@H](O)C[C@@H]2N(C)CC3)cc1OC1CCCC1. The van der Waals surface area contributed by atoms with Gasteiger partial charge in [0.05, 0.1) is 18.3 Å². The first-order valence-corrected chi connectivity index (χ1v) is 10.5. The summed E-state index contributed by atoms with van der Waals surface area (Å²) in [5.74, 6) is 1.73. The summed E-state index contributed by atoms with van der Waals surface area (Å²) < 4.78 is 12.5. The normalized spacial score (nSPS) is 31.4. The third kappa shape index (κ3) is 3.62. The molecule has 1 aromatic carbocycles. The van der Waals surface area contributed by atoms with E-state index in [0.717, 1.165) is 43.7 Å². The minimum absolute atomic E-state index is 0.0435. The molecule has 2 fully saturated rings. The second-order valence-electron chi connectivity index (χ2n) is 8.80. The van der Waals surface area contributed by atoms with Crippen LogP contribution in [0.2, 0.25) is 0 Å². The van der Waals surface area contributed by atoms with Gasteiger partial charge in [-0.25, -0.2) is 0 Å². The fourth-order valence-corrected chi connectivity index (χ4v) is 5.11. The van der Waals surface area contributed by atoms with Crippen LogP contribution in [0.5, 0.6) is 11.5 Å². The predicted octanol–water partition coefficient (Wildman–Crippen LogP) is 4.06. The topological polar surface area (TPSA) is 41.9 Å². The molecule has 4 heteroatoms. The van der Waals surface area contributed by atoms with Gasteiger partial charge in [-0.3, -0.25) is 0 Å². The molecule has 4 nitrogen and oxygen atoms in total. The number of nitrogens with zero attached hydrogens (tertiary/aromatic N) is 1. The molecule has 0 radical (unpaired) electrons. The van der Waals surface area contributed by atoms with E-state index >= 15 is 0 Å². The summed E-state index contributed by atoms with van der Waals surface area (Å²) in [5.41, 5.74) is 1.24. The first kappa shape index (κ1) is 18.8. The molecule has 3 aliphatic rings. The summed E-state index contributed by atoms with van der Waals surface area (Å²) in [6.45, 7) is 5.16. The molecule has 1 N–H and O–H groups in total. The Morgan fingerprint density at radius 3 is 2.70 bits per heavy atom. The van der Waals surface area contributed by atoms with Gasteiger partial charge in [0.25, 0.3) is 0 Å². The van der Waals surface area contributed by atoms with E-state index in [0.29, 0.717) is 12.1 Å². The highest BCUT2D eigenvalue weighted by Gasteiger charge is 2.48. The van der Waals surface area contributed by atoms with Crippen molar-refractivity contribution in [2.24, 2.45) is 0 Å². The maximum Gasteiger partial charge on any atom is 0.161 e. The number of aliphatic hydroxyl groups excluding tert-OH is 1. The number of benzene rings is 1. The molecule has 0 bridgehead atoms. The van der Waals surface area contributed by atoms with Crippen LogP contribution in [-0.2, 0) is 5.41 Å². The summed E-state index contributed by atoms with van der Waals surface area (Å²) in [6, 6.07) is 6.83. The molecule has 1 heterocycles. The van der Waals surface area contributed by atoms with E-state index in [9.17, 15) is 5.11 Å². The summed E-state index contributed by atoms with van der Waals surface area (Å²) in [4.78, 5) is 2.39. The van der Waals surface area contributed by atoms with Gasteiger partial charge in [0.2, 0.25) is 0 Å². The Bertz CT molecular complexity index is 695. The zero-order valence-corrected chi connectivity index (χ0v) is 16.9. The molecule has 1 saturated carbocycles. The van der Waals surface area contributed by atoms with Crippen molar-refractivity contribution < 1.29 is 14.6 Å². The molecule has 3 atom stereocenters. The molecule has 4 rings (SSSR count). The lowest BCUT2D eigenvalue weighted by atomic mass is 9.69. The van der Waals surface area contributed by atoms with Gasteiger partial charge in [-0.1, -0.05) is 18.2 Å². The Balaban J connectivity index is 1.71. The monoisotopic (exact) mass is 371 g/mol. The predicted molar refractivity (Wildman–Crippen MR) is 108 cm³/mol. The minimum atomic E-state index is -0.346. The maximum atomic E-state index is 10.2. The zero-order valence-electron chi connectivity index (χ0n) is 16.9. The summed E-state index contributed by atoms with van der Waals surface area (Å²) in [6.07, 6.45) is 10.9. The molecule has 1 aromatic rings. The lowest BCUT2D eigenvalue weighted by Gasteiger charge is -2.39. The molecule has 148 valence electrons. The molecular formula is C23H33NO3. The van der Waals surface area contributed by atoms with Crippen LogP contribution < -0.4 is 9.47 Å². The average Bonchev–Trinajstić information content (AvgIpc) is 3.25. The molecule has 27 heavy (non-hydrogen) atoms. The second-order valence-corrected chi connectivity index (χ2v) is 8.80. The number of rotatable bonds is 5. The van der Waals surface area contributed by atoms with Crippen LogP contribution in [0.15, 0.2) is 30.4 Å². The standard InChI is InChI=1S/C23H33NO3/c1-16(2)26-20-9-8-17(14-21(20)27-19-6-4-5-7-19)23-11-10-18(25)15-22(23)24(3)13-12-23/h8-11,14,16,18-19,22,25H,4-7,12-13,15H2,1-3H3/t18-,22+,23+/m1/s1. The summed E-state index contributed by atoms with van der Waals surface area (Å²) >= 11 is 0. The largest absolute Gasteiger partial charge is 0.487 e. The number of likely N-dealkylation sites (N-methyl/N-ethyl adjacent to an activating group) is 1. The molecule has 0 amide bonds. The molecule has 0 aromatic heterocycles. The molecular weight excluding hydrogens is 338 g/mol. The van der Waals surface area contributed by atoms with Crippen LogP contribution in [0.3, 0.4) is 0 Å². The first-order valence-electron chi connectivity index (χ1n) is 10.5. The Hall–Kier alpha value is -1.52. The van der Waals surface area contributed by atoms with Crippen molar-refractivity contribution in [3.05, 3.63) is 35.9 Å². The average molecular weight is 372 g/mol. The number of hydrogen-bond acceptors (Lipinski definition) is 4. The van der Waals surface area contributed by atoms with Gasteiger partial charge in [0, 0.05) is 11.5 Å². The van der Waals surface area contributed by atoms with E-state index in [2.05, 4.69) is 50.1 Å². The molecule has 0 spiro atoms. The van der Waals surface area contributed by atoms with E-state index in [1.165, 1.54) is 18.4 Å². The van der Waals surface area contributed by atoms with Gasteiger partial charge < -0.3 is 19.5 Å². The Morgan fingerprint density at radius 2 is 1.96 bits per heavy atom. The van der Waals surface area contributed by atoms with Crippen molar-refractivity contribution in [2.45, 2.75) is 82.1 Å². The van der Waals surface area contributed by atoms with Gasteiger partial charge in [-0.15, -0.1) is 0 Å². The van der Waals surface area contributed by atoms with E-state index in [1.54, 1.807) is 0 Å². The van der Waals surface area contributed by atoms with Crippen molar-refractivity contribution >= 4 is 0 Å². The van der Waals surface area contributed by atoms with E-state index in [-0.39, 0.29) is 17.6 Å². The number of ether oxygens (including phenoxy) is 2. The van der Waals surface area contributed by atoms with Crippen molar-refractivity contribution in [1.29, 1.82) is 0 Å². The van der Waals surface area contributed by atoms with Crippen LogP contribution in [0.25, 0.3) is 0 Å². The van der Waals surface area contributed by atoms with Crippen LogP contribution in [0.4, 0.5) is 0 Å². The van der Waals surface area contributed by atoms with Gasteiger partial charge in [-0.2, -0.15) is 0 Å². The van der Waals surface area contributed by atoms with E-state index in [4.69, 9.17) is 9.47 Å². The quantitative estimate of drug-likeness (QED) is 0.793. The summed E-state index contributed by atoms with van der Waals surface area (Å²) in [5, 5.41) is 10.2. The van der Waals surface area contributed by atoms with Gasteiger partial charge in [-0.05, 0) is 83.7 Å². The molecule has 1 aliphatic heterocycles. The van der Waals surface area contributed by atoms with Crippen molar-refractivity contribution in [3.63, 3.8) is 0 Å². The van der Waals surface area contributed by atoms with Crippen LogP contribution in [0.1, 0.15) is 57.9 Å². The fraction of sp³-hybridized carbons (Fsp3) is 0.652. The molecule has 1 saturated heterocycles. The van der Waals surface area contributed by atoms with E-state index in [1.807, 2.05) is 6.08 Å². The molecule has 2 aliphatic carbocycles. The highest BCUT2D eigenvalue weighted by Crippen LogP contribution is 2.47. The number of fused-ring (bicyclic) bond motifs is 1. The lowest BCUT2D eigenvalue weighted by Crippen LogP contribution is -2.44. The smallest absolute Gasteiger partial charge is 0.161 e. The first-order chi connectivity index (χ1) is 13.0. The van der Waals surface area contributed by atoms with Crippen LogP contribution >= 0.6 is 0 Å². The maximum absolute atomic E-state index is 10.2. The van der Waals surface area contributed by atoms with Gasteiger partial charge in [0.1, 0.15) is 0 Å². The highest BCUT2D eigenvalue weighted by atomic mass is 16.5. The van der Waals surface area contributed by atoms with Gasteiger partial charge in [0.15, 0.2) is 11.5 Å². The highest BCUT2D eigenvalue weighted by molar-refractivity contribution is 5.49. The van der Waals surface area contributed by atoms with Crippen molar-refractivity contribution in [2.75, 3.05) is 13.6 Å². The number of hydrogen-bond donors (Lipinski definition) is 1. The fourth-order valence-electron chi connectivity index (χ4n) is 5.11. The number of likely N-dealkylation sites (tertiary alicyclic amines) is 1. The van der Waals surface area contributed by atoms with E-state index < -0.39 is 0 Å². The van der Waals surface area contributed by atoms with Gasteiger partial charge >= 0.3 is 0 Å². The Morgan fingerprint density at radius 1 is 1.19 bits per heavy atom. The minimum Gasteiger partial charge on any atom is -0.487 e. The van der Waals surface area contributed by atoms with Crippen molar-refractivity contribution in [1.82, 2.24) is 4.90 Å². The summed E-state index contributed by atoms with van der Waals surface area (Å²) in [7, 11) is 2.17. The molecule has 0 unspecified atom stereocenters.